The Morgan fingerprint density at radius 3 is 2.71 bits per heavy atom. The lowest BCUT2D eigenvalue weighted by Gasteiger charge is -2.24. The molecule has 94 valence electrons. The molecular weight excluding hydrogens is 243 g/mol. The van der Waals surface area contributed by atoms with Gasteiger partial charge in [-0.15, -0.1) is 0 Å². The van der Waals surface area contributed by atoms with Crippen molar-refractivity contribution in [3.8, 4) is 0 Å². The highest BCUT2D eigenvalue weighted by Gasteiger charge is 2.24. The Kier molecular flexibility index (Phi) is 4.46. The van der Waals surface area contributed by atoms with Crippen LogP contribution in [-0.4, -0.2) is 23.1 Å². The standard InChI is InChI=1S/C12H16ClFN2O/c1-8-4-5-9(15-6-8)12(2,3)7-16-11(17)10(13)14/h4-6,10H,7H2,1-3H3,(H,16,17). The van der Waals surface area contributed by atoms with Crippen LogP contribution in [0.1, 0.15) is 25.1 Å². The molecule has 1 rings (SSSR count). The van der Waals surface area contributed by atoms with E-state index in [2.05, 4.69) is 10.3 Å². The normalized spacial score (nSPS) is 13.2. The van der Waals surface area contributed by atoms with Gasteiger partial charge in [-0.25, -0.2) is 4.39 Å². The first kappa shape index (κ1) is 13.9. The number of carbonyl (C=O) groups is 1. The number of pyridine rings is 1. The quantitative estimate of drug-likeness (QED) is 0.843. The van der Waals surface area contributed by atoms with Crippen LogP contribution in [0.2, 0.25) is 0 Å². The number of nitrogens with one attached hydrogen (secondary N) is 1. The maximum atomic E-state index is 12.5. The van der Waals surface area contributed by atoms with Crippen LogP contribution in [0.3, 0.4) is 0 Å². The summed E-state index contributed by atoms with van der Waals surface area (Å²) in [5, 5.41) is 2.45. The predicted octanol–water partition coefficient (Wildman–Crippen LogP) is 2.32. The number of nitrogens with zero attached hydrogens (tertiary/aromatic N) is 1. The highest BCUT2D eigenvalue weighted by atomic mass is 35.5. The number of hydrogen-bond donors (Lipinski definition) is 1. The second kappa shape index (κ2) is 5.45. The molecule has 0 saturated heterocycles. The number of aromatic nitrogens is 1. The maximum Gasteiger partial charge on any atom is 0.270 e. The fourth-order valence-electron chi connectivity index (χ4n) is 1.34. The van der Waals surface area contributed by atoms with Crippen LogP contribution in [-0.2, 0) is 10.2 Å². The van der Waals surface area contributed by atoms with E-state index in [1.54, 1.807) is 6.20 Å². The Morgan fingerprint density at radius 1 is 1.59 bits per heavy atom. The van der Waals surface area contributed by atoms with Crippen LogP contribution in [0.4, 0.5) is 4.39 Å². The van der Waals surface area contributed by atoms with Crippen LogP contribution in [0.25, 0.3) is 0 Å². The van der Waals surface area contributed by atoms with E-state index in [1.807, 2.05) is 32.9 Å². The molecule has 0 fully saturated rings. The number of halogens is 2. The number of amides is 1. The molecule has 1 aromatic rings. The van der Waals surface area contributed by atoms with E-state index in [-0.39, 0.29) is 12.0 Å². The molecule has 3 nitrogen and oxygen atoms in total. The summed E-state index contributed by atoms with van der Waals surface area (Å²) < 4.78 is 12.5. The van der Waals surface area contributed by atoms with Crippen LogP contribution in [0, 0.1) is 6.92 Å². The Bertz CT molecular complexity index is 390. The first-order valence-corrected chi connectivity index (χ1v) is 5.75. The molecule has 0 aromatic carbocycles. The van der Waals surface area contributed by atoms with Crippen molar-refractivity contribution in [3.63, 3.8) is 0 Å². The third kappa shape index (κ3) is 3.97. The molecule has 1 amide bonds. The number of hydrogen-bond acceptors (Lipinski definition) is 2. The van der Waals surface area contributed by atoms with E-state index in [0.29, 0.717) is 0 Å². The van der Waals surface area contributed by atoms with Crippen molar-refractivity contribution >= 4 is 17.5 Å². The molecule has 0 spiro atoms. The second-order valence-electron chi connectivity index (χ2n) is 4.62. The highest BCUT2D eigenvalue weighted by molar-refractivity contribution is 6.29. The van der Waals surface area contributed by atoms with Gasteiger partial charge in [0.25, 0.3) is 11.5 Å². The average molecular weight is 259 g/mol. The Hall–Kier alpha value is -1.16. The van der Waals surface area contributed by atoms with Crippen molar-refractivity contribution in [2.45, 2.75) is 31.8 Å². The zero-order valence-corrected chi connectivity index (χ0v) is 10.9. The monoisotopic (exact) mass is 258 g/mol. The van der Waals surface area contributed by atoms with Crippen molar-refractivity contribution in [3.05, 3.63) is 29.6 Å². The average Bonchev–Trinajstić information content (AvgIpc) is 2.26. The zero-order valence-electron chi connectivity index (χ0n) is 10.1. The van der Waals surface area contributed by atoms with E-state index in [4.69, 9.17) is 11.6 Å². The van der Waals surface area contributed by atoms with Gasteiger partial charge in [-0.2, -0.15) is 0 Å². The Labute approximate surface area is 105 Å². The molecule has 1 atom stereocenters. The zero-order chi connectivity index (χ0) is 13.1. The lowest BCUT2D eigenvalue weighted by Crippen LogP contribution is -2.39. The van der Waals surface area contributed by atoms with Gasteiger partial charge in [0.1, 0.15) is 0 Å². The van der Waals surface area contributed by atoms with Crippen LogP contribution in [0.15, 0.2) is 18.3 Å². The van der Waals surface area contributed by atoms with Crippen LogP contribution >= 0.6 is 11.6 Å². The molecule has 5 heteroatoms. The minimum absolute atomic E-state index is 0.287. The lowest BCUT2D eigenvalue weighted by molar-refractivity contribution is -0.123. The van der Waals surface area contributed by atoms with Crippen molar-refractivity contribution in [1.82, 2.24) is 10.3 Å². The number of aryl methyl sites for hydroxylation is 1. The van der Waals surface area contributed by atoms with Crippen molar-refractivity contribution in [2.75, 3.05) is 6.54 Å². The minimum atomic E-state index is -2.00. The molecule has 1 heterocycles. The largest absolute Gasteiger partial charge is 0.352 e. The van der Waals surface area contributed by atoms with E-state index < -0.39 is 11.5 Å². The molecule has 0 bridgehead atoms. The van der Waals surface area contributed by atoms with Gasteiger partial charge in [-0.05, 0) is 18.6 Å². The molecule has 0 aliphatic carbocycles. The fraction of sp³-hybridized carbons (Fsp3) is 0.500. The smallest absolute Gasteiger partial charge is 0.270 e. The minimum Gasteiger partial charge on any atom is -0.352 e. The SMILES string of the molecule is Cc1ccc(C(C)(C)CNC(=O)C(F)Cl)nc1. The molecule has 0 radical (unpaired) electrons. The summed E-state index contributed by atoms with van der Waals surface area (Å²) in [4.78, 5) is 15.3. The van der Waals surface area contributed by atoms with Gasteiger partial charge in [0.2, 0.25) is 0 Å². The van der Waals surface area contributed by atoms with Gasteiger partial charge >= 0.3 is 0 Å². The van der Waals surface area contributed by atoms with Gasteiger partial charge in [0.05, 0.1) is 0 Å². The molecule has 0 aliphatic heterocycles. The Morgan fingerprint density at radius 2 is 2.24 bits per heavy atom. The highest BCUT2D eigenvalue weighted by Crippen LogP contribution is 2.20. The van der Waals surface area contributed by atoms with Gasteiger partial charge in [-0.1, -0.05) is 31.5 Å². The van der Waals surface area contributed by atoms with Gasteiger partial charge < -0.3 is 5.32 Å². The van der Waals surface area contributed by atoms with Gasteiger partial charge in [-0.3, -0.25) is 9.78 Å². The summed E-state index contributed by atoms with van der Waals surface area (Å²) in [6.07, 6.45) is 1.76. The molecule has 17 heavy (non-hydrogen) atoms. The summed E-state index contributed by atoms with van der Waals surface area (Å²) in [6.45, 7) is 6.08. The third-order valence-electron chi connectivity index (χ3n) is 2.51. The molecule has 1 unspecified atom stereocenters. The Balaban J connectivity index is 2.68. The van der Waals surface area contributed by atoms with Crippen LogP contribution in [0.5, 0.6) is 0 Å². The summed E-state index contributed by atoms with van der Waals surface area (Å²) >= 11 is 5.03. The third-order valence-corrected chi connectivity index (χ3v) is 2.71. The first-order valence-electron chi connectivity index (χ1n) is 5.32. The van der Waals surface area contributed by atoms with Crippen molar-refractivity contribution in [1.29, 1.82) is 0 Å². The molecule has 1 aromatic heterocycles. The molecule has 1 N–H and O–H groups in total. The molecule has 0 aliphatic rings. The topological polar surface area (TPSA) is 42.0 Å². The fourth-order valence-corrected chi connectivity index (χ4v) is 1.42. The number of carbonyl (C=O) groups excluding carboxylic acids is 1. The first-order chi connectivity index (χ1) is 7.83. The molecular formula is C12H16ClFN2O. The molecule has 0 saturated carbocycles. The van der Waals surface area contributed by atoms with E-state index >= 15 is 0 Å². The van der Waals surface area contributed by atoms with E-state index in [0.717, 1.165) is 11.3 Å². The van der Waals surface area contributed by atoms with Crippen LogP contribution < -0.4 is 5.32 Å². The van der Waals surface area contributed by atoms with Gasteiger partial charge in [0, 0.05) is 23.9 Å². The number of alkyl halides is 2. The summed E-state index contributed by atoms with van der Waals surface area (Å²) in [6, 6.07) is 3.85. The van der Waals surface area contributed by atoms with Crippen molar-refractivity contribution in [2.24, 2.45) is 0 Å². The maximum absolute atomic E-state index is 12.5. The predicted molar refractivity (Wildman–Crippen MR) is 65.8 cm³/mol. The summed E-state index contributed by atoms with van der Waals surface area (Å²) in [5.41, 5.74) is -0.460. The number of rotatable bonds is 4. The second-order valence-corrected chi connectivity index (χ2v) is 5.01. The van der Waals surface area contributed by atoms with Gasteiger partial charge in [0.15, 0.2) is 0 Å². The van der Waals surface area contributed by atoms with E-state index in [9.17, 15) is 9.18 Å². The van der Waals surface area contributed by atoms with E-state index in [1.165, 1.54) is 0 Å². The lowest BCUT2D eigenvalue weighted by atomic mass is 9.88. The summed E-state index contributed by atoms with van der Waals surface area (Å²) in [7, 11) is 0. The van der Waals surface area contributed by atoms with Crippen molar-refractivity contribution < 1.29 is 9.18 Å². The summed E-state index contributed by atoms with van der Waals surface area (Å²) in [5.74, 6) is -0.813.